The molecule has 2 aliphatic rings. The number of anilines is 1. The Kier molecular flexibility index (Phi) is 5.75. The zero-order valence-electron chi connectivity index (χ0n) is 17.0. The second-order valence-corrected chi connectivity index (χ2v) is 8.52. The van der Waals surface area contributed by atoms with Crippen LogP contribution in [-0.2, 0) is 14.9 Å². The third kappa shape index (κ3) is 4.43. The van der Waals surface area contributed by atoms with Crippen LogP contribution in [0.2, 0.25) is 5.02 Å². The number of ether oxygens (including phenoxy) is 1. The smallest absolute Gasteiger partial charge is 0.255 e. The Balaban J connectivity index is 1.52. The highest BCUT2D eigenvalue weighted by atomic mass is 35.5. The van der Waals surface area contributed by atoms with E-state index in [1.54, 1.807) is 42.5 Å². The minimum atomic E-state index is -2.93. The molecule has 5 nitrogen and oxygen atoms in total. The first-order valence-electron chi connectivity index (χ1n) is 10.2. The SMILES string of the molecule is CCO[C@@H]1C[C@@H]1NC(=O)C1(c2ccc(NC(=O)c3ccccc3)cc2Cl)CC(F)(F)C1. The molecule has 0 aromatic heterocycles. The summed E-state index contributed by atoms with van der Waals surface area (Å²) < 4.78 is 33.3. The van der Waals surface area contributed by atoms with Gasteiger partial charge in [0.2, 0.25) is 5.91 Å². The normalized spacial score (nSPS) is 22.8. The topological polar surface area (TPSA) is 67.4 Å². The predicted octanol–water partition coefficient (Wildman–Crippen LogP) is 4.55. The summed E-state index contributed by atoms with van der Waals surface area (Å²) in [7, 11) is 0. The van der Waals surface area contributed by atoms with Crippen molar-refractivity contribution < 1.29 is 23.1 Å². The molecule has 0 bridgehead atoms. The van der Waals surface area contributed by atoms with Crippen LogP contribution in [0.4, 0.5) is 14.5 Å². The molecule has 2 aromatic rings. The Hall–Kier alpha value is -2.51. The zero-order chi connectivity index (χ0) is 22.2. The summed E-state index contributed by atoms with van der Waals surface area (Å²) in [5.41, 5.74) is -0.167. The average Bonchev–Trinajstić information content (AvgIpc) is 3.44. The highest BCUT2D eigenvalue weighted by molar-refractivity contribution is 6.32. The summed E-state index contributed by atoms with van der Waals surface area (Å²) in [5.74, 6) is -3.71. The average molecular weight is 449 g/mol. The first kappa shape index (κ1) is 21.7. The first-order valence-corrected chi connectivity index (χ1v) is 10.6. The summed E-state index contributed by atoms with van der Waals surface area (Å²) >= 11 is 6.42. The Morgan fingerprint density at radius 1 is 1.16 bits per heavy atom. The molecule has 2 aromatic carbocycles. The van der Waals surface area contributed by atoms with E-state index in [1.807, 2.05) is 6.92 Å². The molecular formula is C23H23ClF2N2O3. The fourth-order valence-corrected chi connectivity index (χ4v) is 4.47. The summed E-state index contributed by atoms with van der Waals surface area (Å²) in [6.07, 6.45) is -0.609. The molecule has 2 fully saturated rings. The minimum Gasteiger partial charge on any atom is -0.376 e. The molecule has 0 radical (unpaired) electrons. The van der Waals surface area contributed by atoms with Gasteiger partial charge < -0.3 is 15.4 Å². The number of rotatable bonds is 7. The fourth-order valence-electron chi connectivity index (χ4n) is 4.11. The molecule has 4 rings (SSSR count). The molecule has 164 valence electrons. The molecule has 0 heterocycles. The second-order valence-electron chi connectivity index (χ2n) is 8.12. The molecule has 0 saturated heterocycles. The number of hydrogen-bond donors (Lipinski definition) is 2. The van der Waals surface area contributed by atoms with Gasteiger partial charge in [0.05, 0.1) is 17.6 Å². The summed E-state index contributed by atoms with van der Waals surface area (Å²) in [6.45, 7) is 2.39. The third-order valence-electron chi connectivity index (χ3n) is 5.76. The van der Waals surface area contributed by atoms with Crippen LogP contribution < -0.4 is 10.6 Å². The largest absolute Gasteiger partial charge is 0.376 e. The monoisotopic (exact) mass is 448 g/mol. The molecule has 0 aliphatic heterocycles. The number of alkyl halides is 2. The maximum atomic E-state index is 13.9. The molecule has 2 atom stereocenters. The highest BCUT2D eigenvalue weighted by Gasteiger charge is 2.63. The van der Waals surface area contributed by atoms with Gasteiger partial charge in [-0.15, -0.1) is 0 Å². The molecule has 2 amide bonds. The van der Waals surface area contributed by atoms with Crippen molar-refractivity contribution in [2.75, 3.05) is 11.9 Å². The van der Waals surface area contributed by atoms with Crippen molar-refractivity contribution >= 4 is 29.1 Å². The van der Waals surface area contributed by atoms with E-state index in [2.05, 4.69) is 10.6 Å². The van der Waals surface area contributed by atoms with E-state index in [9.17, 15) is 18.4 Å². The van der Waals surface area contributed by atoms with Gasteiger partial charge in [0.15, 0.2) is 0 Å². The van der Waals surface area contributed by atoms with E-state index >= 15 is 0 Å². The van der Waals surface area contributed by atoms with Crippen LogP contribution in [0.25, 0.3) is 0 Å². The van der Waals surface area contributed by atoms with E-state index in [0.29, 0.717) is 29.8 Å². The van der Waals surface area contributed by atoms with Crippen LogP contribution >= 0.6 is 11.6 Å². The van der Waals surface area contributed by atoms with Gasteiger partial charge in [-0.05, 0) is 43.2 Å². The van der Waals surface area contributed by atoms with Crippen molar-refractivity contribution in [1.29, 1.82) is 0 Å². The van der Waals surface area contributed by atoms with Gasteiger partial charge in [-0.25, -0.2) is 8.78 Å². The number of carbonyl (C=O) groups excluding carboxylic acids is 2. The number of benzene rings is 2. The number of halogens is 3. The second kappa shape index (κ2) is 8.20. The van der Waals surface area contributed by atoms with Gasteiger partial charge in [-0.1, -0.05) is 35.9 Å². The molecule has 31 heavy (non-hydrogen) atoms. The lowest BCUT2D eigenvalue weighted by molar-refractivity contribution is -0.159. The van der Waals surface area contributed by atoms with Crippen molar-refractivity contribution in [1.82, 2.24) is 5.32 Å². The molecule has 2 N–H and O–H groups in total. The van der Waals surface area contributed by atoms with Crippen molar-refractivity contribution in [3.8, 4) is 0 Å². The number of nitrogens with one attached hydrogen (secondary N) is 2. The molecular weight excluding hydrogens is 426 g/mol. The van der Waals surface area contributed by atoms with Crippen LogP contribution in [0.3, 0.4) is 0 Å². The van der Waals surface area contributed by atoms with Gasteiger partial charge in [0.1, 0.15) is 0 Å². The van der Waals surface area contributed by atoms with Crippen molar-refractivity contribution in [2.24, 2.45) is 0 Å². The Morgan fingerprint density at radius 2 is 1.87 bits per heavy atom. The highest BCUT2D eigenvalue weighted by Crippen LogP contribution is 2.55. The van der Waals surface area contributed by atoms with E-state index in [4.69, 9.17) is 16.3 Å². The first-order chi connectivity index (χ1) is 14.7. The quantitative estimate of drug-likeness (QED) is 0.652. The van der Waals surface area contributed by atoms with Crippen molar-refractivity contribution in [3.05, 3.63) is 64.7 Å². The Morgan fingerprint density at radius 3 is 2.48 bits per heavy atom. The lowest BCUT2D eigenvalue weighted by atomic mass is 9.61. The maximum Gasteiger partial charge on any atom is 0.255 e. The maximum absolute atomic E-state index is 13.9. The van der Waals surface area contributed by atoms with E-state index < -0.39 is 30.1 Å². The lowest BCUT2D eigenvalue weighted by Crippen LogP contribution is -2.59. The van der Waals surface area contributed by atoms with Crippen LogP contribution in [-0.4, -0.2) is 36.5 Å². The molecule has 0 spiro atoms. The third-order valence-corrected chi connectivity index (χ3v) is 6.08. The molecule has 8 heteroatoms. The number of carbonyl (C=O) groups is 2. The van der Waals surface area contributed by atoms with Gasteiger partial charge in [0.25, 0.3) is 11.8 Å². The summed E-state index contributed by atoms with van der Waals surface area (Å²) in [5, 5.41) is 5.73. The fraction of sp³-hybridized carbons (Fsp3) is 0.391. The Labute approximate surface area is 184 Å². The van der Waals surface area contributed by atoms with Gasteiger partial charge in [-0.3, -0.25) is 9.59 Å². The van der Waals surface area contributed by atoms with Crippen LogP contribution in [0.5, 0.6) is 0 Å². The molecule has 0 unspecified atom stereocenters. The van der Waals surface area contributed by atoms with E-state index in [0.717, 1.165) is 0 Å². The standard InChI is InChI=1S/C23H23ClF2N2O3/c1-2-31-19-11-18(19)28-21(30)22(12-23(25,26)13-22)16-9-8-15(10-17(16)24)27-20(29)14-6-4-3-5-7-14/h3-10,18-19H,2,11-13H2,1H3,(H,27,29)(H,28,30)/t18-,19+/m0/s1. The predicted molar refractivity (Wildman–Crippen MR) is 114 cm³/mol. The Bertz CT molecular complexity index is 992. The number of amides is 2. The van der Waals surface area contributed by atoms with Crippen LogP contribution in [0, 0.1) is 0 Å². The van der Waals surface area contributed by atoms with Gasteiger partial charge >= 0.3 is 0 Å². The van der Waals surface area contributed by atoms with Crippen LogP contribution in [0.1, 0.15) is 42.1 Å². The molecule has 2 aliphatic carbocycles. The van der Waals surface area contributed by atoms with Crippen molar-refractivity contribution in [2.45, 2.75) is 49.7 Å². The van der Waals surface area contributed by atoms with E-state index in [1.165, 1.54) is 6.07 Å². The molecule has 2 saturated carbocycles. The van der Waals surface area contributed by atoms with Gasteiger partial charge in [0, 0.05) is 35.7 Å². The van der Waals surface area contributed by atoms with Crippen LogP contribution in [0.15, 0.2) is 48.5 Å². The minimum absolute atomic E-state index is 0.0716. The summed E-state index contributed by atoms with van der Waals surface area (Å²) in [4.78, 5) is 25.4. The zero-order valence-corrected chi connectivity index (χ0v) is 17.7. The van der Waals surface area contributed by atoms with E-state index in [-0.39, 0.29) is 23.1 Å². The van der Waals surface area contributed by atoms with Gasteiger partial charge in [-0.2, -0.15) is 0 Å². The lowest BCUT2D eigenvalue weighted by Gasteiger charge is -2.46. The van der Waals surface area contributed by atoms with Crippen molar-refractivity contribution in [3.63, 3.8) is 0 Å². The number of hydrogen-bond acceptors (Lipinski definition) is 3. The summed E-state index contributed by atoms with van der Waals surface area (Å²) in [6, 6.07) is 13.1.